The van der Waals surface area contributed by atoms with Gasteiger partial charge in [0.15, 0.2) is 5.16 Å². The first-order chi connectivity index (χ1) is 9.63. The van der Waals surface area contributed by atoms with E-state index in [1.54, 1.807) is 35.9 Å². The van der Waals surface area contributed by atoms with Gasteiger partial charge >= 0.3 is 0 Å². The van der Waals surface area contributed by atoms with Crippen LogP contribution in [0, 0.1) is 0 Å². The molecule has 0 spiro atoms. The second kappa shape index (κ2) is 7.64. The van der Waals surface area contributed by atoms with Gasteiger partial charge in [-0.2, -0.15) is 0 Å². The van der Waals surface area contributed by atoms with Crippen molar-refractivity contribution in [3.63, 3.8) is 0 Å². The molecule has 0 N–H and O–H groups in total. The van der Waals surface area contributed by atoms with Crippen LogP contribution in [0.3, 0.4) is 0 Å². The van der Waals surface area contributed by atoms with Crippen LogP contribution < -0.4 is 0 Å². The molecule has 3 nitrogen and oxygen atoms in total. The molecule has 2 aromatic rings. The van der Waals surface area contributed by atoms with E-state index < -0.39 is 0 Å². The lowest BCUT2D eigenvalue weighted by Crippen LogP contribution is -2.05. The van der Waals surface area contributed by atoms with Gasteiger partial charge in [-0.05, 0) is 18.2 Å². The number of aromatic nitrogens is 3. The second-order valence-corrected chi connectivity index (χ2v) is 7.80. The van der Waals surface area contributed by atoms with Crippen molar-refractivity contribution in [3.8, 4) is 0 Å². The van der Waals surface area contributed by atoms with E-state index in [-0.39, 0.29) is 0 Å². The van der Waals surface area contributed by atoms with Crippen LogP contribution in [-0.4, -0.2) is 25.5 Å². The van der Waals surface area contributed by atoms with E-state index in [0.29, 0.717) is 10.5 Å². The Bertz CT molecular complexity index is 532. The number of thioether (sulfide) groups is 2. The molecule has 20 heavy (non-hydrogen) atoms. The molecular weight excluding hydrogens is 286 g/mol. The summed E-state index contributed by atoms with van der Waals surface area (Å²) in [6.45, 7) is 6.56. The van der Waals surface area contributed by atoms with Crippen molar-refractivity contribution in [1.29, 1.82) is 0 Å². The van der Waals surface area contributed by atoms with Crippen LogP contribution in [0.5, 0.6) is 0 Å². The molecule has 2 aromatic heterocycles. The van der Waals surface area contributed by atoms with Crippen LogP contribution in [0.15, 0.2) is 46.8 Å². The largest absolute Gasteiger partial charge is 0.246 e. The minimum absolute atomic E-state index is 0.407. The fourth-order valence-corrected chi connectivity index (χ4v) is 3.41. The van der Waals surface area contributed by atoms with Crippen molar-refractivity contribution < 1.29 is 0 Å². The Morgan fingerprint density at radius 3 is 2.45 bits per heavy atom. The zero-order valence-electron chi connectivity index (χ0n) is 12.0. The van der Waals surface area contributed by atoms with E-state index in [1.807, 2.05) is 6.07 Å². The summed E-state index contributed by atoms with van der Waals surface area (Å²) in [5, 5.41) is 2.89. The van der Waals surface area contributed by atoms with Gasteiger partial charge in [-0.1, -0.05) is 38.6 Å². The number of pyridine rings is 1. The molecule has 5 heteroatoms. The number of rotatable bonds is 6. The average Bonchev–Trinajstić information content (AvgIpc) is 2.39. The van der Waals surface area contributed by atoms with Crippen molar-refractivity contribution in [2.75, 3.05) is 0 Å². The molecule has 2 heterocycles. The van der Waals surface area contributed by atoms with Crippen LogP contribution in [0.2, 0.25) is 0 Å². The smallest absolute Gasteiger partial charge is 0.187 e. The quantitative estimate of drug-likeness (QED) is 0.593. The van der Waals surface area contributed by atoms with Crippen LogP contribution in [0.25, 0.3) is 0 Å². The van der Waals surface area contributed by atoms with Gasteiger partial charge in [0.2, 0.25) is 0 Å². The molecule has 0 aliphatic rings. The molecule has 0 saturated carbocycles. The van der Waals surface area contributed by atoms with E-state index >= 15 is 0 Å². The predicted octanol–water partition coefficient (Wildman–Crippen LogP) is 4.10. The van der Waals surface area contributed by atoms with Crippen LogP contribution in [0.4, 0.5) is 0 Å². The van der Waals surface area contributed by atoms with Crippen molar-refractivity contribution >= 4 is 23.5 Å². The first-order valence-corrected chi connectivity index (χ1v) is 8.45. The Hall–Kier alpha value is -1.07. The highest BCUT2D eigenvalue weighted by molar-refractivity contribution is 8.00. The Morgan fingerprint density at radius 1 is 1.00 bits per heavy atom. The topological polar surface area (TPSA) is 38.7 Å². The normalized spacial score (nSPS) is 12.6. The molecule has 0 aromatic carbocycles. The lowest BCUT2D eigenvalue weighted by atomic mass is 10.2. The highest BCUT2D eigenvalue weighted by atomic mass is 32.2. The Morgan fingerprint density at radius 2 is 1.75 bits per heavy atom. The molecule has 1 unspecified atom stereocenters. The predicted molar refractivity (Wildman–Crippen MR) is 86.3 cm³/mol. The van der Waals surface area contributed by atoms with Gasteiger partial charge in [-0.15, -0.1) is 11.8 Å². The average molecular weight is 305 g/mol. The standard InChI is InChI=1S/C15H19N3S2/c1-11(2)19-14-7-4-6-13(18-14)10-12(3)20-15-16-8-5-9-17-15/h4-9,11-12H,10H2,1-3H3. The van der Waals surface area contributed by atoms with Gasteiger partial charge in [0.25, 0.3) is 0 Å². The Balaban J connectivity index is 1.95. The van der Waals surface area contributed by atoms with Crippen molar-refractivity contribution in [3.05, 3.63) is 42.4 Å². The third kappa shape index (κ3) is 5.13. The second-order valence-electron chi connectivity index (χ2n) is 4.80. The van der Waals surface area contributed by atoms with Gasteiger partial charge in [-0.3, -0.25) is 0 Å². The van der Waals surface area contributed by atoms with Crippen LogP contribution in [-0.2, 0) is 6.42 Å². The third-order valence-corrected chi connectivity index (χ3v) is 4.41. The molecule has 0 saturated heterocycles. The number of hydrogen-bond acceptors (Lipinski definition) is 5. The molecule has 106 valence electrons. The molecule has 2 rings (SSSR count). The lowest BCUT2D eigenvalue weighted by molar-refractivity contribution is 0.863. The number of hydrogen-bond donors (Lipinski definition) is 0. The summed E-state index contributed by atoms with van der Waals surface area (Å²) in [5.74, 6) is 0. The van der Waals surface area contributed by atoms with Gasteiger partial charge in [0, 0.05) is 35.0 Å². The maximum absolute atomic E-state index is 4.70. The zero-order chi connectivity index (χ0) is 14.4. The van der Waals surface area contributed by atoms with Crippen LogP contribution >= 0.6 is 23.5 Å². The molecule has 0 fully saturated rings. The molecule has 0 aliphatic heterocycles. The Labute approximate surface area is 129 Å². The molecular formula is C15H19N3S2. The van der Waals surface area contributed by atoms with Gasteiger partial charge in [-0.25, -0.2) is 15.0 Å². The summed E-state index contributed by atoms with van der Waals surface area (Å²) in [6, 6.07) is 8.09. The van der Waals surface area contributed by atoms with E-state index in [9.17, 15) is 0 Å². The summed E-state index contributed by atoms with van der Waals surface area (Å²) in [4.78, 5) is 13.2. The van der Waals surface area contributed by atoms with Gasteiger partial charge in [0.05, 0.1) is 5.03 Å². The van der Waals surface area contributed by atoms with Crippen molar-refractivity contribution in [1.82, 2.24) is 15.0 Å². The zero-order valence-corrected chi connectivity index (χ0v) is 13.6. The number of nitrogens with zero attached hydrogens (tertiary/aromatic N) is 3. The maximum atomic E-state index is 4.70. The van der Waals surface area contributed by atoms with Crippen LogP contribution in [0.1, 0.15) is 26.5 Å². The highest BCUT2D eigenvalue weighted by Crippen LogP contribution is 2.24. The molecule has 0 aliphatic carbocycles. The molecule has 0 amide bonds. The summed E-state index contributed by atoms with van der Waals surface area (Å²) in [5.41, 5.74) is 1.13. The molecule has 0 bridgehead atoms. The lowest BCUT2D eigenvalue weighted by Gasteiger charge is -2.10. The third-order valence-electron chi connectivity index (χ3n) is 2.48. The Kier molecular flexibility index (Phi) is 5.86. The molecule has 0 radical (unpaired) electrons. The SMILES string of the molecule is CC(C)Sc1cccc(CC(C)Sc2ncccn2)n1. The fourth-order valence-electron chi connectivity index (χ4n) is 1.74. The summed E-state index contributed by atoms with van der Waals surface area (Å²) in [6.07, 6.45) is 4.48. The first-order valence-electron chi connectivity index (χ1n) is 6.70. The fraction of sp³-hybridized carbons (Fsp3) is 0.400. The summed E-state index contributed by atoms with van der Waals surface area (Å²) in [7, 11) is 0. The van der Waals surface area contributed by atoms with Gasteiger partial charge < -0.3 is 0 Å². The monoisotopic (exact) mass is 305 g/mol. The van der Waals surface area contributed by atoms with Crippen molar-refractivity contribution in [2.45, 2.75) is 47.9 Å². The molecule has 1 atom stereocenters. The highest BCUT2D eigenvalue weighted by Gasteiger charge is 2.09. The minimum Gasteiger partial charge on any atom is -0.246 e. The van der Waals surface area contributed by atoms with Crippen molar-refractivity contribution in [2.24, 2.45) is 0 Å². The van der Waals surface area contributed by atoms with E-state index in [4.69, 9.17) is 4.98 Å². The van der Waals surface area contributed by atoms with Gasteiger partial charge in [0.1, 0.15) is 0 Å². The first kappa shape index (κ1) is 15.3. The minimum atomic E-state index is 0.407. The maximum Gasteiger partial charge on any atom is 0.187 e. The summed E-state index contributed by atoms with van der Waals surface area (Å²) < 4.78 is 0. The van der Waals surface area contributed by atoms with E-state index in [1.165, 1.54) is 0 Å². The van der Waals surface area contributed by atoms with E-state index in [2.05, 4.69) is 48.9 Å². The van der Waals surface area contributed by atoms with E-state index in [0.717, 1.165) is 22.3 Å². The summed E-state index contributed by atoms with van der Waals surface area (Å²) >= 11 is 3.49.